The highest BCUT2D eigenvalue weighted by Gasteiger charge is 2.26. The number of phenols is 1. The molecule has 0 saturated heterocycles. The molecule has 0 aromatic heterocycles. The SMILES string of the molecule is CNc1cc(O)c2c(c1)C=CCC(=O)C(=O)C(=O)CC[C@@H](C)[C@H](C)OC2=O. The molecule has 2 atom stereocenters. The van der Waals surface area contributed by atoms with E-state index in [1.54, 1.807) is 27.0 Å². The minimum absolute atomic E-state index is 0.0174. The molecule has 7 heteroatoms. The quantitative estimate of drug-likeness (QED) is 0.575. The maximum atomic E-state index is 12.6. The van der Waals surface area contributed by atoms with E-state index in [1.807, 2.05) is 0 Å². The van der Waals surface area contributed by atoms with Crippen molar-refractivity contribution in [1.82, 2.24) is 0 Å². The maximum absolute atomic E-state index is 12.6. The number of ketones is 3. The van der Waals surface area contributed by atoms with Crippen LogP contribution in [-0.2, 0) is 19.1 Å². The van der Waals surface area contributed by atoms with E-state index in [1.165, 1.54) is 18.2 Å². The van der Waals surface area contributed by atoms with Gasteiger partial charge in [-0.15, -0.1) is 0 Å². The summed E-state index contributed by atoms with van der Waals surface area (Å²) in [4.78, 5) is 48.3. The molecule has 7 nitrogen and oxygen atoms in total. The predicted molar refractivity (Wildman–Crippen MR) is 99.6 cm³/mol. The van der Waals surface area contributed by atoms with Gasteiger partial charge in [0, 0.05) is 31.6 Å². The highest BCUT2D eigenvalue weighted by Crippen LogP contribution is 2.29. The first-order valence-corrected chi connectivity index (χ1v) is 8.77. The molecule has 1 aromatic rings. The number of fused-ring (bicyclic) bond motifs is 1. The van der Waals surface area contributed by atoms with Crippen LogP contribution in [-0.4, -0.2) is 41.6 Å². The van der Waals surface area contributed by atoms with E-state index in [0.717, 1.165) is 0 Å². The number of aromatic hydroxyl groups is 1. The lowest BCUT2D eigenvalue weighted by molar-refractivity contribution is -0.143. The standard InChI is InChI=1S/C20H23NO6/c1-11-7-8-16(23)19(25)15(22)6-4-5-13-9-14(21-3)10-17(24)18(13)20(26)27-12(11)2/h4-5,9-12,21,24H,6-8H2,1-3H3/t11-,12+/m1/s1. The number of Topliss-reactive ketones (excluding diaryl/α,β-unsaturated/α-hetero) is 3. The molecule has 0 saturated carbocycles. The van der Waals surface area contributed by atoms with Crippen molar-refractivity contribution >= 4 is 35.1 Å². The number of nitrogens with one attached hydrogen (secondary N) is 1. The third-order valence-electron chi connectivity index (χ3n) is 4.67. The van der Waals surface area contributed by atoms with Crippen LogP contribution in [0.25, 0.3) is 6.08 Å². The molecule has 1 heterocycles. The summed E-state index contributed by atoms with van der Waals surface area (Å²) in [5.41, 5.74) is 0.882. The van der Waals surface area contributed by atoms with Gasteiger partial charge >= 0.3 is 5.97 Å². The van der Waals surface area contributed by atoms with Gasteiger partial charge < -0.3 is 15.2 Å². The van der Waals surface area contributed by atoms with Crippen LogP contribution in [0.2, 0.25) is 0 Å². The molecule has 0 spiro atoms. The third-order valence-corrected chi connectivity index (χ3v) is 4.67. The summed E-state index contributed by atoms with van der Waals surface area (Å²) in [5, 5.41) is 13.1. The van der Waals surface area contributed by atoms with Crippen molar-refractivity contribution in [3.63, 3.8) is 0 Å². The van der Waals surface area contributed by atoms with Crippen LogP contribution in [0.5, 0.6) is 5.75 Å². The summed E-state index contributed by atoms with van der Waals surface area (Å²) < 4.78 is 5.46. The van der Waals surface area contributed by atoms with Crippen molar-refractivity contribution in [3.05, 3.63) is 29.3 Å². The lowest BCUT2D eigenvalue weighted by atomic mass is 9.95. The smallest absolute Gasteiger partial charge is 0.342 e. The van der Waals surface area contributed by atoms with Gasteiger partial charge in [0.05, 0.1) is 0 Å². The average molecular weight is 373 g/mol. The Balaban J connectivity index is 2.49. The minimum atomic E-state index is -1.01. The topological polar surface area (TPSA) is 110 Å². The number of allylic oxidation sites excluding steroid dienone is 1. The number of anilines is 1. The molecule has 2 N–H and O–H groups in total. The van der Waals surface area contributed by atoms with E-state index in [2.05, 4.69) is 5.32 Å². The molecule has 0 unspecified atom stereocenters. The first-order chi connectivity index (χ1) is 12.7. The Kier molecular flexibility index (Phi) is 6.50. The van der Waals surface area contributed by atoms with Crippen LogP contribution >= 0.6 is 0 Å². The van der Waals surface area contributed by atoms with Crippen LogP contribution < -0.4 is 5.32 Å². The highest BCUT2D eigenvalue weighted by atomic mass is 16.5. The van der Waals surface area contributed by atoms with Gasteiger partial charge in [0.15, 0.2) is 0 Å². The van der Waals surface area contributed by atoms with Gasteiger partial charge in [-0.3, -0.25) is 14.4 Å². The number of cyclic esters (lactones) is 1. The Hall–Kier alpha value is -2.96. The first kappa shape index (κ1) is 20.4. The van der Waals surface area contributed by atoms with Crippen LogP contribution in [0, 0.1) is 5.92 Å². The Morgan fingerprint density at radius 2 is 1.81 bits per heavy atom. The van der Waals surface area contributed by atoms with E-state index >= 15 is 0 Å². The number of ether oxygens (including phenoxy) is 1. The average Bonchev–Trinajstić information content (AvgIpc) is 2.63. The Bertz CT molecular complexity index is 811. The number of esters is 1. The fraction of sp³-hybridized carbons (Fsp3) is 0.400. The highest BCUT2D eigenvalue weighted by molar-refractivity contribution is 6.64. The number of hydrogen-bond donors (Lipinski definition) is 2. The second-order valence-electron chi connectivity index (χ2n) is 6.62. The van der Waals surface area contributed by atoms with Crippen LogP contribution in [0.3, 0.4) is 0 Å². The first-order valence-electron chi connectivity index (χ1n) is 8.77. The molecule has 1 aliphatic rings. The van der Waals surface area contributed by atoms with E-state index in [0.29, 0.717) is 17.7 Å². The lowest BCUT2D eigenvalue weighted by Gasteiger charge is -2.21. The van der Waals surface area contributed by atoms with Crippen molar-refractivity contribution in [1.29, 1.82) is 0 Å². The normalized spacial score (nSPS) is 22.0. The van der Waals surface area contributed by atoms with Crippen molar-refractivity contribution < 1.29 is 29.0 Å². The summed E-state index contributed by atoms with van der Waals surface area (Å²) in [7, 11) is 1.66. The number of rotatable bonds is 1. The summed E-state index contributed by atoms with van der Waals surface area (Å²) in [5.74, 6) is -3.70. The second-order valence-corrected chi connectivity index (χ2v) is 6.62. The van der Waals surface area contributed by atoms with Crippen molar-refractivity contribution in [2.45, 2.75) is 39.2 Å². The number of carbonyl (C=O) groups is 4. The van der Waals surface area contributed by atoms with Crippen molar-refractivity contribution in [2.75, 3.05) is 12.4 Å². The lowest BCUT2D eigenvalue weighted by Crippen LogP contribution is -2.27. The molecule has 0 aliphatic carbocycles. The van der Waals surface area contributed by atoms with Gasteiger partial charge in [-0.1, -0.05) is 19.1 Å². The molecule has 1 aromatic carbocycles. The van der Waals surface area contributed by atoms with Gasteiger partial charge in [0.1, 0.15) is 17.4 Å². The maximum Gasteiger partial charge on any atom is 0.342 e. The number of phenolic OH excluding ortho intramolecular Hbond substituents is 1. The molecule has 1 aliphatic heterocycles. The van der Waals surface area contributed by atoms with Gasteiger partial charge in [0.25, 0.3) is 5.78 Å². The van der Waals surface area contributed by atoms with E-state index in [-0.39, 0.29) is 30.1 Å². The van der Waals surface area contributed by atoms with Gasteiger partial charge in [-0.25, -0.2) is 4.79 Å². The Morgan fingerprint density at radius 3 is 2.48 bits per heavy atom. The largest absolute Gasteiger partial charge is 0.507 e. The molecule has 144 valence electrons. The number of hydrogen-bond acceptors (Lipinski definition) is 7. The molecule has 27 heavy (non-hydrogen) atoms. The molecule has 0 fully saturated rings. The van der Waals surface area contributed by atoms with Gasteiger partial charge in [0.2, 0.25) is 11.6 Å². The zero-order chi connectivity index (χ0) is 20.1. The summed E-state index contributed by atoms with van der Waals surface area (Å²) in [6.07, 6.45) is 2.25. The van der Waals surface area contributed by atoms with Crippen LogP contribution in [0.15, 0.2) is 18.2 Å². The van der Waals surface area contributed by atoms with Gasteiger partial charge in [-0.2, -0.15) is 0 Å². The molecule has 0 bridgehead atoms. The molecular weight excluding hydrogens is 350 g/mol. The fourth-order valence-electron chi connectivity index (χ4n) is 2.74. The zero-order valence-corrected chi connectivity index (χ0v) is 15.6. The predicted octanol–water partition coefficient (Wildman–Crippen LogP) is 2.52. The fourth-order valence-corrected chi connectivity index (χ4v) is 2.74. The Morgan fingerprint density at radius 1 is 1.11 bits per heavy atom. The van der Waals surface area contributed by atoms with E-state index in [9.17, 15) is 24.3 Å². The molecule has 2 rings (SSSR count). The summed E-state index contributed by atoms with van der Waals surface area (Å²) >= 11 is 0. The zero-order valence-electron chi connectivity index (χ0n) is 15.6. The second kappa shape index (κ2) is 8.62. The van der Waals surface area contributed by atoms with E-state index < -0.39 is 29.4 Å². The third kappa shape index (κ3) is 4.81. The number of carbonyl (C=O) groups excluding carboxylic acids is 4. The van der Waals surface area contributed by atoms with Crippen LogP contribution in [0.1, 0.15) is 49.0 Å². The molecule has 0 radical (unpaired) electrons. The van der Waals surface area contributed by atoms with Crippen molar-refractivity contribution in [2.24, 2.45) is 5.92 Å². The Labute approximate surface area is 157 Å². The summed E-state index contributed by atoms with van der Waals surface area (Å²) in [6.45, 7) is 3.47. The molecular formula is C20H23NO6. The van der Waals surface area contributed by atoms with Gasteiger partial charge in [-0.05, 0) is 30.9 Å². The van der Waals surface area contributed by atoms with Crippen LogP contribution in [0.4, 0.5) is 5.69 Å². The molecule has 0 amide bonds. The van der Waals surface area contributed by atoms with Crippen molar-refractivity contribution in [3.8, 4) is 5.75 Å². The van der Waals surface area contributed by atoms with E-state index in [4.69, 9.17) is 4.74 Å². The minimum Gasteiger partial charge on any atom is -0.507 e. The number of benzene rings is 1. The summed E-state index contributed by atoms with van der Waals surface area (Å²) in [6, 6.07) is 3.02. The monoisotopic (exact) mass is 373 g/mol.